The largest absolute Gasteiger partial charge is 0.496 e. The number of aryl methyl sites for hydroxylation is 2. The minimum absolute atomic E-state index is 0.126. The number of furan rings is 1. The summed E-state index contributed by atoms with van der Waals surface area (Å²) in [5.41, 5.74) is 3.41. The summed E-state index contributed by atoms with van der Waals surface area (Å²) in [5, 5.41) is 4.73. The van der Waals surface area contributed by atoms with Crippen LogP contribution in [0.2, 0.25) is 0 Å². The van der Waals surface area contributed by atoms with Crippen LogP contribution in [-0.4, -0.2) is 18.0 Å². The lowest BCUT2D eigenvalue weighted by atomic mass is 10.0. The molecule has 0 N–H and O–H groups in total. The highest BCUT2D eigenvalue weighted by atomic mass is 32.1. The molecule has 0 bridgehead atoms. The molecule has 0 aliphatic heterocycles. The fourth-order valence-electron chi connectivity index (χ4n) is 4.17. The number of hydrogen-bond acceptors (Lipinski definition) is 5. The van der Waals surface area contributed by atoms with E-state index in [0.29, 0.717) is 28.8 Å². The number of carbonyl (C=O) groups is 1. The third-order valence-electron chi connectivity index (χ3n) is 5.80. The van der Waals surface area contributed by atoms with E-state index in [1.54, 1.807) is 18.1 Å². The van der Waals surface area contributed by atoms with Gasteiger partial charge in [0, 0.05) is 16.3 Å². The molecule has 1 amide bonds. The van der Waals surface area contributed by atoms with Crippen LogP contribution >= 0.6 is 11.3 Å². The van der Waals surface area contributed by atoms with E-state index in [9.17, 15) is 4.79 Å². The maximum absolute atomic E-state index is 13.6. The van der Waals surface area contributed by atoms with Crippen molar-refractivity contribution in [2.75, 3.05) is 12.0 Å². The zero-order valence-corrected chi connectivity index (χ0v) is 20.1. The Morgan fingerprint density at radius 3 is 2.44 bits per heavy atom. The van der Waals surface area contributed by atoms with Crippen molar-refractivity contribution in [2.45, 2.75) is 20.4 Å². The van der Waals surface area contributed by atoms with Gasteiger partial charge in [-0.25, -0.2) is 4.98 Å². The molecule has 0 spiro atoms. The highest BCUT2D eigenvalue weighted by molar-refractivity contribution is 7.14. The Bertz CT molecular complexity index is 1470. The molecule has 3 aromatic carbocycles. The molecule has 0 saturated carbocycles. The smallest absolute Gasteiger partial charge is 0.263 e. The Balaban J connectivity index is 1.58. The molecule has 0 aliphatic rings. The Kier molecular flexibility index (Phi) is 5.90. The number of methoxy groups -OCH3 is 1. The number of aromatic nitrogens is 1. The van der Waals surface area contributed by atoms with E-state index in [2.05, 4.69) is 6.07 Å². The van der Waals surface area contributed by atoms with E-state index in [0.717, 1.165) is 33.3 Å². The van der Waals surface area contributed by atoms with Crippen molar-refractivity contribution in [1.29, 1.82) is 0 Å². The van der Waals surface area contributed by atoms with Crippen molar-refractivity contribution >= 4 is 33.1 Å². The lowest BCUT2D eigenvalue weighted by molar-refractivity contribution is 0.0983. The summed E-state index contributed by atoms with van der Waals surface area (Å²) < 4.78 is 11.2. The van der Waals surface area contributed by atoms with E-state index >= 15 is 0 Å². The third-order valence-corrected chi connectivity index (χ3v) is 6.67. The molecule has 34 heavy (non-hydrogen) atoms. The van der Waals surface area contributed by atoms with Gasteiger partial charge in [-0.05, 0) is 43.0 Å². The summed E-state index contributed by atoms with van der Waals surface area (Å²) in [5.74, 6) is 2.02. The zero-order chi connectivity index (χ0) is 23.7. The van der Waals surface area contributed by atoms with E-state index in [1.165, 1.54) is 11.3 Å². The Morgan fingerprint density at radius 1 is 1.00 bits per heavy atom. The van der Waals surface area contributed by atoms with E-state index in [1.807, 2.05) is 79.9 Å². The molecule has 0 fully saturated rings. The first kappa shape index (κ1) is 21.9. The summed E-state index contributed by atoms with van der Waals surface area (Å²) in [6, 6.07) is 23.8. The van der Waals surface area contributed by atoms with Crippen LogP contribution in [0.1, 0.15) is 27.4 Å². The summed E-state index contributed by atoms with van der Waals surface area (Å²) >= 11 is 1.46. The molecule has 170 valence electrons. The Morgan fingerprint density at radius 2 is 1.74 bits per heavy atom. The quantitative estimate of drug-likeness (QED) is 0.268. The molecule has 2 aromatic heterocycles. The van der Waals surface area contributed by atoms with Gasteiger partial charge in [0.15, 0.2) is 5.13 Å². The lowest BCUT2D eigenvalue weighted by Gasteiger charge is -2.20. The molecule has 0 unspecified atom stereocenters. The second kappa shape index (κ2) is 9.15. The molecule has 0 saturated heterocycles. The average molecular weight is 469 g/mol. The van der Waals surface area contributed by atoms with Crippen LogP contribution in [-0.2, 0) is 6.54 Å². The van der Waals surface area contributed by atoms with Crippen molar-refractivity contribution in [3.8, 4) is 17.0 Å². The number of amides is 1. The molecule has 0 atom stereocenters. The van der Waals surface area contributed by atoms with Crippen LogP contribution in [0.15, 0.2) is 82.6 Å². The topological polar surface area (TPSA) is 55.6 Å². The Labute approximate surface area is 202 Å². The van der Waals surface area contributed by atoms with Crippen LogP contribution in [0, 0.1) is 13.8 Å². The van der Waals surface area contributed by atoms with Crippen molar-refractivity contribution in [1.82, 2.24) is 4.98 Å². The predicted octanol–water partition coefficient (Wildman–Crippen LogP) is 7.03. The van der Waals surface area contributed by atoms with Gasteiger partial charge in [-0.15, -0.1) is 11.3 Å². The first-order valence-electron chi connectivity index (χ1n) is 11.0. The molecule has 0 aliphatic carbocycles. The van der Waals surface area contributed by atoms with Crippen LogP contribution < -0.4 is 9.64 Å². The first-order valence-corrected chi connectivity index (χ1v) is 11.9. The zero-order valence-electron chi connectivity index (χ0n) is 19.2. The van der Waals surface area contributed by atoms with Gasteiger partial charge in [-0.1, -0.05) is 54.6 Å². The SMILES string of the molecule is COc1ccc(-c2csc(N(Cc3ccccc3)C(=O)c3cc(C)oc3C)n2)c2ccccc12. The summed E-state index contributed by atoms with van der Waals surface area (Å²) in [6.07, 6.45) is 0. The summed E-state index contributed by atoms with van der Waals surface area (Å²) in [6.45, 7) is 4.08. The highest BCUT2D eigenvalue weighted by Crippen LogP contribution is 2.37. The van der Waals surface area contributed by atoms with Gasteiger partial charge in [0.25, 0.3) is 5.91 Å². The number of benzene rings is 3. The van der Waals surface area contributed by atoms with Crippen molar-refractivity contribution in [3.63, 3.8) is 0 Å². The van der Waals surface area contributed by atoms with Gasteiger partial charge in [0.1, 0.15) is 17.3 Å². The molecule has 5 nitrogen and oxygen atoms in total. The number of anilines is 1. The maximum atomic E-state index is 13.6. The van der Waals surface area contributed by atoms with Gasteiger partial charge in [-0.2, -0.15) is 0 Å². The number of nitrogens with zero attached hydrogens (tertiary/aromatic N) is 2. The monoisotopic (exact) mass is 468 g/mol. The van der Waals surface area contributed by atoms with Gasteiger partial charge < -0.3 is 9.15 Å². The lowest BCUT2D eigenvalue weighted by Crippen LogP contribution is -2.30. The number of carbonyl (C=O) groups excluding carboxylic acids is 1. The predicted molar refractivity (Wildman–Crippen MR) is 137 cm³/mol. The molecule has 0 radical (unpaired) electrons. The third kappa shape index (κ3) is 4.08. The number of ether oxygens (including phenoxy) is 1. The van der Waals surface area contributed by atoms with Gasteiger partial charge in [0.05, 0.1) is 24.9 Å². The van der Waals surface area contributed by atoms with Crippen LogP contribution in [0.4, 0.5) is 5.13 Å². The van der Waals surface area contributed by atoms with Crippen molar-refractivity contribution < 1.29 is 13.9 Å². The number of fused-ring (bicyclic) bond motifs is 1. The van der Waals surface area contributed by atoms with Gasteiger partial charge in [-0.3, -0.25) is 9.69 Å². The highest BCUT2D eigenvalue weighted by Gasteiger charge is 2.25. The van der Waals surface area contributed by atoms with Crippen LogP contribution in [0.3, 0.4) is 0 Å². The minimum atomic E-state index is -0.126. The van der Waals surface area contributed by atoms with Crippen molar-refractivity contribution in [2.24, 2.45) is 0 Å². The normalized spacial score (nSPS) is 11.0. The summed E-state index contributed by atoms with van der Waals surface area (Å²) in [4.78, 5) is 20.3. The summed E-state index contributed by atoms with van der Waals surface area (Å²) in [7, 11) is 1.68. The van der Waals surface area contributed by atoms with E-state index in [4.69, 9.17) is 14.1 Å². The van der Waals surface area contributed by atoms with Crippen LogP contribution in [0.25, 0.3) is 22.0 Å². The standard InChI is InChI=1S/C28H24N2O3S/c1-18-15-24(19(2)33-18)27(31)30(16-20-9-5-4-6-10-20)28-29-25(17-34-28)22-13-14-26(32-3)23-12-8-7-11-21(22)23/h4-15,17H,16H2,1-3H3. The molecule has 6 heteroatoms. The molecule has 2 heterocycles. The molecular weight excluding hydrogens is 444 g/mol. The first-order chi connectivity index (χ1) is 16.5. The molecule has 5 rings (SSSR count). The second-order valence-electron chi connectivity index (χ2n) is 8.08. The Hall–Kier alpha value is -3.90. The van der Waals surface area contributed by atoms with Crippen molar-refractivity contribution in [3.05, 3.63) is 101 Å². The number of rotatable bonds is 6. The average Bonchev–Trinajstić information content (AvgIpc) is 3.48. The molecular formula is C28H24N2O3S. The van der Waals surface area contributed by atoms with Gasteiger partial charge in [0.2, 0.25) is 0 Å². The number of hydrogen-bond donors (Lipinski definition) is 0. The van der Waals surface area contributed by atoms with Gasteiger partial charge >= 0.3 is 0 Å². The second-order valence-corrected chi connectivity index (χ2v) is 8.92. The minimum Gasteiger partial charge on any atom is -0.496 e. The maximum Gasteiger partial charge on any atom is 0.263 e. The molecule has 5 aromatic rings. The van der Waals surface area contributed by atoms with Crippen LogP contribution in [0.5, 0.6) is 5.75 Å². The fourth-order valence-corrected chi connectivity index (χ4v) is 4.99. The van der Waals surface area contributed by atoms with E-state index < -0.39 is 0 Å². The number of thiazole rings is 1. The fraction of sp³-hybridized carbons (Fsp3) is 0.143. The van der Waals surface area contributed by atoms with E-state index in [-0.39, 0.29) is 5.91 Å².